The van der Waals surface area contributed by atoms with Gasteiger partial charge in [0.15, 0.2) is 5.78 Å². The predicted octanol–water partition coefficient (Wildman–Crippen LogP) is 5.73. The van der Waals surface area contributed by atoms with Crippen LogP contribution in [0, 0.1) is 5.82 Å². The van der Waals surface area contributed by atoms with Gasteiger partial charge in [-0.05, 0) is 57.0 Å². The molecule has 4 heteroatoms. The largest absolute Gasteiger partial charge is 0.289 e. The Morgan fingerprint density at radius 2 is 1.57 bits per heavy atom. The van der Waals surface area contributed by atoms with E-state index >= 15 is 0 Å². The number of carbonyl (C=O) groups is 1. The monoisotopic (exact) mass is 406 g/mol. The lowest BCUT2D eigenvalue weighted by Crippen LogP contribution is -2.03. The van der Waals surface area contributed by atoms with Crippen molar-refractivity contribution in [1.82, 2.24) is 0 Å². The van der Waals surface area contributed by atoms with Crippen molar-refractivity contribution in [2.75, 3.05) is 0 Å². The SMILES string of the molecule is O=C(c1ccc(F)c(Br)c1)c1ccc(Br)c2ccccc12. The van der Waals surface area contributed by atoms with Crippen molar-refractivity contribution in [2.45, 2.75) is 0 Å². The highest BCUT2D eigenvalue weighted by Gasteiger charge is 2.14. The summed E-state index contributed by atoms with van der Waals surface area (Å²) in [5.41, 5.74) is 1.06. The maximum atomic E-state index is 13.3. The van der Waals surface area contributed by atoms with Crippen LogP contribution >= 0.6 is 31.9 Å². The van der Waals surface area contributed by atoms with Gasteiger partial charge in [0.2, 0.25) is 0 Å². The second-order valence-electron chi connectivity index (χ2n) is 4.60. The van der Waals surface area contributed by atoms with E-state index in [9.17, 15) is 9.18 Å². The Labute approximate surface area is 138 Å². The maximum Gasteiger partial charge on any atom is 0.193 e. The zero-order valence-electron chi connectivity index (χ0n) is 10.7. The van der Waals surface area contributed by atoms with Crippen molar-refractivity contribution < 1.29 is 9.18 Å². The van der Waals surface area contributed by atoms with Crippen LogP contribution in [-0.2, 0) is 0 Å². The van der Waals surface area contributed by atoms with Gasteiger partial charge in [-0.2, -0.15) is 0 Å². The average molecular weight is 408 g/mol. The van der Waals surface area contributed by atoms with E-state index in [1.165, 1.54) is 18.2 Å². The molecule has 3 aromatic rings. The molecule has 0 aliphatic rings. The molecule has 0 spiro atoms. The van der Waals surface area contributed by atoms with Gasteiger partial charge in [-0.25, -0.2) is 4.39 Å². The molecule has 0 heterocycles. The van der Waals surface area contributed by atoms with Gasteiger partial charge >= 0.3 is 0 Å². The summed E-state index contributed by atoms with van der Waals surface area (Å²) < 4.78 is 14.5. The van der Waals surface area contributed by atoms with E-state index in [-0.39, 0.29) is 16.1 Å². The first-order chi connectivity index (χ1) is 10.1. The van der Waals surface area contributed by atoms with Crippen LogP contribution in [0.2, 0.25) is 0 Å². The van der Waals surface area contributed by atoms with Crippen molar-refractivity contribution in [3.8, 4) is 0 Å². The molecule has 0 fully saturated rings. The van der Waals surface area contributed by atoms with Gasteiger partial charge in [0.1, 0.15) is 5.82 Å². The summed E-state index contributed by atoms with van der Waals surface area (Å²) >= 11 is 6.60. The second kappa shape index (κ2) is 5.70. The van der Waals surface area contributed by atoms with Gasteiger partial charge < -0.3 is 0 Å². The zero-order chi connectivity index (χ0) is 15.0. The maximum absolute atomic E-state index is 13.3. The lowest BCUT2D eigenvalue weighted by molar-refractivity contribution is 0.104. The standard InChI is InChI=1S/C17H9Br2FO/c18-14-7-6-13(11-3-1-2-4-12(11)14)17(21)10-5-8-16(20)15(19)9-10/h1-9H. The Hall–Kier alpha value is -1.52. The van der Waals surface area contributed by atoms with E-state index in [2.05, 4.69) is 31.9 Å². The molecule has 0 unspecified atom stereocenters. The van der Waals surface area contributed by atoms with Gasteiger partial charge in [0.05, 0.1) is 4.47 Å². The summed E-state index contributed by atoms with van der Waals surface area (Å²) in [6.07, 6.45) is 0. The summed E-state index contributed by atoms with van der Waals surface area (Å²) in [4.78, 5) is 12.7. The third kappa shape index (κ3) is 2.65. The normalized spacial score (nSPS) is 10.8. The van der Waals surface area contributed by atoms with Crippen molar-refractivity contribution in [3.05, 3.63) is 80.5 Å². The van der Waals surface area contributed by atoms with Crippen molar-refractivity contribution in [2.24, 2.45) is 0 Å². The molecule has 0 bridgehead atoms. The lowest BCUT2D eigenvalue weighted by atomic mass is 9.97. The van der Waals surface area contributed by atoms with Crippen LogP contribution in [0.4, 0.5) is 4.39 Å². The molecule has 0 aliphatic carbocycles. The van der Waals surface area contributed by atoms with Crippen molar-refractivity contribution in [3.63, 3.8) is 0 Å². The number of fused-ring (bicyclic) bond motifs is 1. The summed E-state index contributed by atoms with van der Waals surface area (Å²) in [6.45, 7) is 0. The Morgan fingerprint density at radius 3 is 2.29 bits per heavy atom. The molecule has 0 radical (unpaired) electrons. The van der Waals surface area contributed by atoms with Gasteiger partial charge in [-0.1, -0.05) is 40.2 Å². The summed E-state index contributed by atoms with van der Waals surface area (Å²) in [5, 5.41) is 1.85. The molecule has 21 heavy (non-hydrogen) atoms. The first-order valence-corrected chi connectivity index (χ1v) is 7.83. The van der Waals surface area contributed by atoms with Gasteiger partial charge in [0.25, 0.3) is 0 Å². The van der Waals surface area contributed by atoms with E-state index in [1.807, 2.05) is 30.3 Å². The number of ketones is 1. The molecule has 0 aliphatic heterocycles. The molecule has 3 aromatic carbocycles. The van der Waals surface area contributed by atoms with Crippen LogP contribution in [-0.4, -0.2) is 5.78 Å². The molecule has 3 rings (SSSR count). The van der Waals surface area contributed by atoms with Crippen LogP contribution in [0.5, 0.6) is 0 Å². The van der Waals surface area contributed by atoms with Crippen molar-refractivity contribution >= 4 is 48.4 Å². The van der Waals surface area contributed by atoms with E-state index in [1.54, 1.807) is 6.07 Å². The Balaban J connectivity index is 2.18. The summed E-state index contributed by atoms with van der Waals surface area (Å²) in [6, 6.07) is 15.6. The average Bonchev–Trinajstić information content (AvgIpc) is 2.50. The van der Waals surface area contributed by atoms with Crippen LogP contribution in [0.15, 0.2) is 63.5 Å². The molecular formula is C17H9Br2FO. The molecule has 0 N–H and O–H groups in total. The van der Waals surface area contributed by atoms with Crippen LogP contribution in [0.3, 0.4) is 0 Å². The Bertz CT molecular complexity index is 859. The number of hydrogen-bond donors (Lipinski definition) is 0. The van der Waals surface area contributed by atoms with Crippen LogP contribution in [0.1, 0.15) is 15.9 Å². The second-order valence-corrected chi connectivity index (χ2v) is 6.31. The molecule has 0 aromatic heterocycles. The molecule has 0 saturated carbocycles. The zero-order valence-corrected chi connectivity index (χ0v) is 13.9. The van der Waals surface area contributed by atoms with E-state index in [0.29, 0.717) is 11.1 Å². The lowest BCUT2D eigenvalue weighted by Gasteiger charge is -2.08. The molecular weight excluding hydrogens is 399 g/mol. The quantitative estimate of drug-likeness (QED) is 0.495. The highest BCUT2D eigenvalue weighted by molar-refractivity contribution is 9.11. The Kier molecular flexibility index (Phi) is 3.91. The van der Waals surface area contributed by atoms with E-state index < -0.39 is 0 Å². The van der Waals surface area contributed by atoms with Gasteiger partial charge in [-0.3, -0.25) is 4.79 Å². The highest BCUT2D eigenvalue weighted by Crippen LogP contribution is 2.29. The molecule has 0 atom stereocenters. The number of benzene rings is 3. The van der Waals surface area contributed by atoms with Crippen LogP contribution < -0.4 is 0 Å². The molecule has 0 saturated heterocycles. The van der Waals surface area contributed by atoms with Gasteiger partial charge in [0, 0.05) is 15.6 Å². The summed E-state index contributed by atoms with van der Waals surface area (Å²) in [5.74, 6) is -0.508. The fraction of sp³-hybridized carbons (Fsp3) is 0. The van der Waals surface area contributed by atoms with Crippen LogP contribution in [0.25, 0.3) is 10.8 Å². The number of hydrogen-bond acceptors (Lipinski definition) is 1. The minimum absolute atomic E-state index is 0.126. The smallest absolute Gasteiger partial charge is 0.193 e. The number of halogens is 3. The number of rotatable bonds is 2. The summed E-state index contributed by atoms with van der Waals surface area (Å²) in [7, 11) is 0. The molecule has 104 valence electrons. The highest BCUT2D eigenvalue weighted by atomic mass is 79.9. The third-order valence-electron chi connectivity index (χ3n) is 3.30. The fourth-order valence-electron chi connectivity index (χ4n) is 2.25. The first-order valence-electron chi connectivity index (χ1n) is 6.25. The van der Waals surface area contributed by atoms with Gasteiger partial charge in [-0.15, -0.1) is 0 Å². The predicted molar refractivity (Wildman–Crippen MR) is 89.2 cm³/mol. The minimum Gasteiger partial charge on any atom is -0.289 e. The van der Waals surface area contributed by atoms with Crippen molar-refractivity contribution in [1.29, 1.82) is 0 Å². The molecule has 1 nitrogen and oxygen atoms in total. The minimum atomic E-state index is -0.382. The third-order valence-corrected chi connectivity index (χ3v) is 4.60. The topological polar surface area (TPSA) is 17.1 Å². The molecule has 0 amide bonds. The fourth-order valence-corrected chi connectivity index (χ4v) is 3.11. The first kappa shape index (κ1) is 14.4. The van der Waals surface area contributed by atoms with E-state index in [0.717, 1.165) is 15.2 Å². The number of carbonyl (C=O) groups excluding carboxylic acids is 1. The van der Waals surface area contributed by atoms with E-state index in [4.69, 9.17) is 0 Å². The Morgan fingerprint density at radius 1 is 0.857 bits per heavy atom.